The third kappa shape index (κ3) is 4.48. The summed E-state index contributed by atoms with van der Waals surface area (Å²) >= 11 is 1.35. The van der Waals surface area contributed by atoms with Gasteiger partial charge in [0.15, 0.2) is 5.84 Å². The third-order valence-electron chi connectivity index (χ3n) is 6.30. The summed E-state index contributed by atoms with van der Waals surface area (Å²) < 4.78 is 8.36. The molecular formula is C28H29N5O2S. The summed E-state index contributed by atoms with van der Waals surface area (Å²) in [6.07, 6.45) is 4.50. The van der Waals surface area contributed by atoms with Gasteiger partial charge in [-0.3, -0.25) is 10.2 Å². The lowest BCUT2D eigenvalue weighted by Gasteiger charge is -2.20. The lowest BCUT2D eigenvalue weighted by molar-refractivity contribution is -0.114. The molecule has 0 saturated heterocycles. The first-order valence-corrected chi connectivity index (χ1v) is 13.0. The maximum Gasteiger partial charge on any atom is 0.283 e. The standard InChI is InChI=1S/C28H29N5O2S/c1-5-25-31-33-26(29)22(27(34)30-28(33)36-25)15-19-16-32(23-9-7-6-8-21(19)23)12-13-35-24-14-18(4)10-11-20(24)17(2)3/h6-11,14-17,29H,5,12-13H2,1-4H3/b22-15-,29-26?. The van der Waals surface area contributed by atoms with Crippen LogP contribution in [0, 0.1) is 12.3 Å². The average molecular weight is 500 g/mol. The lowest BCUT2D eigenvalue weighted by Crippen LogP contribution is -2.35. The van der Waals surface area contributed by atoms with Crippen molar-refractivity contribution in [1.29, 1.82) is 5.41 Å². The molecule has 0 aliphatic carbocycles. The van der Waals surface area contributed by atoms with Crippen molar-refractivity contribution in [3.05, 3.63) is 70.9 Å². The molecule has 1 aromatic heterocycles. The van der Waals surface area contributed by atoms with Gasteiger partial charge in [0.25, 0.3) is 5.91 Å². The molecule has 0 spiro atoms. The van der Waals surface area contributed by atoms with Crippen molar-refractivity contribution in [2.45, 2.75) is 46.6 Å². The van der Waals surface area contributed by atoms with E-state index in [2.05, 4.69) is 59.7 Å². The molecule has 0 unspecified atom stereocenters. The van der Waals surface area contributed by atoms with Crippen LogP contribution in [-0.2, 0) is 11.3 Å². The number of para-hydroxylation sites is 1. The molecule has 2 aliphatic heterocycles. The van der Waals surface area contributed by atoms with Crippen LogP contribution < -0.4 is 4.74 Å². The van der Waals surface area contributed by atoms with Gasteiger partial charge in [-0.25, -0.2) is 0 Å². The van der Waals surface area contributed by atoms with Crippen molar-refractivity contribution in [3.8, 4) is 5.75 Å². The largest absolute Gasteiger partial charge is 0.491 e. The molecule has 7 nitrogen and oxygen atoms in total. The smallest absolute Gasteiger partial charge is 0.283 e. The number of amidine groups is 2. The average Bonchev–Trinajstić information content (AvgIpc) is 3.43. The van der Waals surface area contributed by atoms with Gasteiger partial charge in [0.2, 0.25) is 5.17 Å². The number of hydrazone groups is 1. The van der Waals surface area contributed by atoms with Crippen LogP contribution in [0.25, 0.3) is 17.0 Å². The summed E-state index contributed by atoms with van der Waals surface area (Å²) in [5, 5.41) is 16.8. The van der Waals surface area contributed by atoms with E-state index in [1.54, 1.807) is 6.08 Å². The number of nitrogens with zero attached hydrogens (tertiary/aromatic N) is 4. The number of rotatable bonds is 7. The number of aliphatic imine (C=N–C) groups is 1. The highest BCUT2D eigenvalue weighted by Gasteiger charge is 2.35. The van der Waals surface area contributed by atoms with Crippen molar-refractivity contribution in [3.63, 3.8) is 0 Å². The van der Waals surface area contributed by atoms with Crippen LogP contribution in [0.2, 0.25) is 0 Å². The molecule has 36 heavy (non-hydrogen) atoms. The number of hydrogen-bond acceptors (Lipinski definition) is 5. The van der Waals surface area contributed by atoms with Crippen LogP contribution in [-0.4, -0.2) is 38.1 Å². The molecular weight excluding hydrogens is 470 g/mol. The molecule has 0 radical (unpaired) electrons. The number of amides is 1. The summed E-state index contributed by atoms with van der Waals surface area (Å²) in [5.41, 5.74) is 4.52. The maximum absolute atomic E-state index is 12.8. The third-order valence-corrected chi connectivity index (χ3v) is 7.35. The Balaban J connectivity index is 1.42. The quantitative estimate of drug-likeness (QED) is 0.394. The minimum Gasteiger partial charge on any atom is -0.491 e. The molecule has 5 rings (SSSR count). The number of carbonyl (C=O) groups is 1. The van der Waals surface area contributed by atoms with Crippen molar-refractivity contribution < 1.29 is 9.53 Å². The highest BCUT2D eigenvalue weighted by Crippen LogP contribution is 2.31. The SMILES string of the molecule is CCC1=NN2C(=N)/C(=C/c3cn(CCOc4cc(C)ccc4C(C)C)c4ccccc34)C(=O)N=C2S1. The Morgan fingerprint density at radius 3 is 2.78 bits per heavy atom. The first kappa shape index (κ1) is 24.1. The van der Waals surface area contributed by atoms with E-state index in [1.165, 1.54) is 27.9 Å². The molecule has 184 valence electrons. The number of nitrogens with one attached hydrogen (secondary N) is 1. The molecule has 8 heteroatoms. The fourth-order valence-electron chi connectivity index (χ4n) is 4.40. The Morgan fingerprint density at radius 2 is 2.00 bits per heavy atom. The van der Waals surface area contributed by atoms with Gasteiger partial charge < -0.3 is 9.30 Å². The van der Waals surface area contributed by atoms with Crippen LogP contribution >= 0.6 is 11.8 Å². The fourth-order valence-corrected chi connectivity index (χ4v) is 5.23. The number of fused-ring (bicyclic) bond motifs is 2. The Kier molecular flexibility index (Phi) is 6.53. The van der Waals surface area contributed by atoms with Crippen LogP contribution in [0.5, 0.6) is 5.75 Å². The summed E-state index contributed by atoms with van der Waals surface area (Å²) in [7, 11) is 0. The van der Waals surface area contributed by atoms with Crippen LogP contribution in [0.15, 0.2) is 64.3 Å². The second-order valence-electron chi connectivity index (χ2n) is 9.21. The molecule has 3 aromatic rings. The molecule has 3 heterocycles. The first-order valence-electron chi connectivity index (χ1n) is 12.2. The molecule has 2 aromatic carbocycles. The number of benzene rings is 2. The second-order valence-corrected chi connectivity index (χ2v) is 10.2. The van der Waals surface area contributed by atoms with Gasteiger partial charge in [0, 0.05) is 22.7 Å². The normalized spacial score (nSPS) is 16.7. The number of ether oxygens (including phenoxy) is 1. The van der Waals surface area contributed by atoms with E-state index in [9.17, 15) is 4.79 Å². The van der Waals surface area contributed by atoms with Gasteiger partial charge in [0.1, 0.15) is 17.4 Å². The monoisotopic (exact) mass is 499 g/mol. The van der Waals surface area contributed by atoms with E-state index in [4.69, 9.17) is 10.1 Å². The zero-order chi connectivity index (χ0) is 25.4. The Bertz CT molecular complexity index is 1460. The summed E-state index contributed by atoms with van der Waals surface area (Å²) in [6, 6.07) is 14.4. The number of hydrogen-bond donors (Lipinski definition) is 1. The van der Waals surface area contributed by atoms with Crippen molar-refractivity contribution in [1.82, 2.24) is 9.58 Å². The van der Waals surface area contributed by atoms with E-state index in [1.807, 2.05) is 31.3 Å². The maximum atomic E-state index is 12.8. The Morgan fingerprint density at radius 1 is 1.19 bits per heavy atom. The van der Waals surface area contributed by atoms with Crippen molar-refractivity contribution >= 4 is 50.7 Å². The number of aryl methyl sites for hydroxylation is 1. The van der Waals surface area contributed by atoms with E-state index in [0.717, 1.165) is 33.7 Å². The van der Waals surface area contributed by atoms with Gasteiger partial charge in [-0.15, -0.1) is 0 Å². The molecule has 2 aliphatic rings. The van der Waals surface area contributed by atoms with Crippen molar-refractivity contribution in [2.75, 3.05) is 6.61 Å². The predicted molar refractivity (Wildman–Crippen MR) is 148 cm³/mol. The lowest BCUT2D eigenvalue weighted by atomic mass is 10.0. The highest BCUT2D eigenvalue weighted by atomic mass is 32.2. The van der Waals surface area contributed by atoms with Gasteiger partial charge in [-0.05, 0) is 60.4 Å². The minimum atomic E-state index is -0.410. The zero-order valence-electron chi connectivity index (χ0n) is 20.9. The fraction of sp³-hybridized carbons (Fsp3) is 0.286. The van der Waals surface area contributed by atoms with E-state index in [0.29, 0.717) is 24.2 Å². The summed E-state index contributed by atoms with van der Waals surface area (Å²) in [4.78, 5) is 17.0. The predicted octanol–water partition coefficient (Wildman–Crippen LogP) is 6.18. The molecule has 1 N–H and O–H groups in total. The van der Waals surface area contributed by atoms with Gasteiger partial charge in [-0.1, -0.05) is 51.1 Å². The number of aromatic nitrogens is 1. The topological polar surface area (TPSA) is 83.0 Å². The molecule has 0 bridgehead atoms. The Labute approximate surface area is 215 Å². The van der Waals surface area contributed by atoms with Crippen LogP contribution in [0.3, 0.4) is 0 Å². The number of thioether (sulfide) groups is 1. The molecule has 0 saturated carbocycles. The highest BCUT2D eigenvalue weighted by molar-refractivity contribution is 8.26. The summed E-state index contributed by atoms with van der Waals surface area (Å²) in [5.74, 6) is 0.951. The van der Waals surface area contributed by atoms with Gasteiger partial charge in [-0.2, -0.15) is 15.1 Å². The summed E-state index contributed by atoms with van der Waals surface area (Å²) in [6.45, 7) is 9.57. The second kappa shape index (κ2) is 9.78. The van der Waals surface area contributed by atoms with Crippen LogP contribution in [0.1, 0.15) is 49.8 Å². The van der Waals surface area contributed by atoms with E-state index in [-0.39, 0.29) is 11.4 Å². The first-order chi connectivity index (χ1) is 17.4. The molecule has 0 atom stereocenters. The van der Waals surface area contributed by atoms with Crippen LogP contribution in [0.4, 0.5) is 0 Å². The molecule has 1 amide bonds. The van der Waals surface area contributed by atoms with Gasteiger partial charge in [0.05, 0.1) is 12.1 Å². The van der Waals surface area contributed by atoms with Crippen molar-refractivity contribution in [2.24, 2.45) is 10.1 Å². The molecule has 0 fully saturated rings. The van der Waals surface area contributed by atoms with Gasteiger partial charge >= 0.3 is 0 Å². The number of carbonyl (C=O) groups excluding carboxylic acids is 1. The minimum absolute atomic E-state index is 0.0572. The zero-order valence-corrected chi connectivity index (χ0v) is 21.7. The van der Waals surface area contributed by atoms with E-state index >= 15 is 0 Å². The van der Waals surface area contributed by atoms with E-state index < -0.39 is 5.91 Å². The Hall–Kier alpha value is -3.65.